The minimum atomic E-state index is -1.72. The molecule has 0 heterocycles. The number of carboxylic acids is 1. The van der Waals surface area contributed by atoms with Crippen LogP contribution in [0.15, 0.2) is 0 Å². The maximum atomic E-state index is 10.5. The van der Waals surface area contributed by atoms with Crippen molar-refractivity contribution in [3.8, 4) is 0 Å². The smallest absolute Gasteiger partial charge is 0.347 e. The summed E-state index contributed by atoms with van der Waals surface area (Å²) in [7, 11) is 0. The van der Waals surface area contributed by atoms with Gasteiger partial charge in [0.1, 0.15) is 0 Å². The van der Waals surface area contributed by atoms with Gasteiger partial charge in [0.15, 0.2) is 0 Å². The Morgan fingerprint density at radius 2 is 1.71 bits per heavy atom. The van der Waals surface area contributed by atoms with E-state index in [1.165, 1.54) is 19.3 Å². The Hall–Kier alpha value is -0.0900. The number of carbonyl (C=O) groups is 1. The highest BCUT2D eigenvalue weighted by Gasteiger charge is 2.31. The molecule has 3 nitrogen and oxygen atoms in total. The lowest BCUT2D eigenvalue weighted by Crippen LogP contribution is -2.30. The number of hydrogen-bond acceptors (Lipinski definition) is 2. The van der Waals surface area contributed by atoms with Crippen LogP contribution in [0.2, 0.25) is 0 Å². The molecule has 4 heteroatoms. The minimum absolute atomic E-state index is 0.272. The molecule has 0 rings (SSSR count). The molecule has 0 amide bonds. The Morgan fingerprint density at radius 3 is 2.21 bits per heavy atom. The van der Waals surface area contributed by atoms with Gasteiger partial charge in [-0.1, -0.05) is 39.0 Å². The Balaban J connectivity index is 3.40. The van der Waals surface area contributed by atoms with Gasteiger partial charge in [-0.3, -0.25) is 0 Å². The molecule has 0 fully saturated rings. The zero-order valence-corrected chi connectivity index (χ0v) is 10.2. The molecule has 0 aromatic carbocycles. The number of unbranched alkanes of at least 4 members (excludes halogenated alkanes) is 5. The lowest BCUT2D eigenvalue weighted by atomic mass is 10.1. The van der Waals surface area contributed by atoms with Crippen LogP contribution in [0.3, 0.4) is 0 Å². The average Bonchev–Trinajstić information content (AvgIpc) is 2.10. The molecule has 0 saturated heterocycles. The van der Waals surface area contributed by atoms with E-state index in [1.54, 1.807) is 0 Å². The van der Waals surface area contributed by atoms with Crippen molar-refractivity contribution in [1.29, 1.82) is 0 Å². The first-order valence-corrected chi connectivity index (χ1v) is 5.94. The molecule has 2 N–H and O–H groups in total. The summed E-state index contributed by atoms with van der Waals surface area (Å²) in [6.45, 7) is 2.15. The number of rotatable bonds is 8. The van der Waals surface area contributed by atoms with Crippen molar-refractivity contribution >= 4 is 21.9 Å². The van der Waals surface area contributed by atoms with Gasteiger partial charge in [-0.2, -0.15) is 0 Å². The molecule has 0 aliphatic rings. The fourth-order valence-corrected chi connectivity index (χ4v) is 1.53. The van der Waals surface area contributed by atoms with Gasteiger partial charge in [-0.25, -0.2) is 4.79 Å². The van der Waals surface area contributed by atoms with Crippen LogP contribution in [-0.2, 0) is 4.79 Å². The van der Waals surface area contributed by atoms with Gasteiger partial charge in [0.05, 0.1) is 0 Å². The van der Waals surface area contributed by atoms with Gasteiger partial charge in [-0.05, 0) is 28.8 Å². The van der Waals surface area contributed by atoms with E-state index in [2.05, 4.69) is 22.9 Å². The van der Waals surface area contributed by atoms with Gasteiger partial charge in [0, 0.05) is 0 Å². The van der Waals surface area contributed by atoms with Crippen molar-refractivity contribution in [2.24, 2.45) is 0 Å². The Morgan fingerprint density at radius 1 is 1.21 bits per heavy atom. The number of aliphatic carboxylic acids is 1. The molecule has 0 saturated carbocycles. The van der Waals surface area contributed by atoms with E-state index < -0.39 is 10.5 Å². The number of halogens is 1. The second-order valence-electron chi connectivity index (χ2n) is 3.58. The van der Waals surface area contributed by atoms with Crippen molar-refractivity contribution in [1.82, 2.24) is 0 Å². The van der Waals surface area contributed by atoms with E-state index in [1.807, 2.05) is 0 Å². The van der Waals surface area contributed by atoms with Gasteiger partial charge >= 0.3 is 5.97 Å². The van der Waals surface area contributed by atoms with Crippen molar-refractivity contribution in [3.05, 3.63) is 0 Å². The molecule has 0 aliphatic heterocycles. The summed E-state index contributed by atoms with van der Waals surface area (Å²) in [5.74, 6) is -1.20. The molecule has 0 aliphatic carbocycles. The summed E-state index contributed by atoms with van der Waals surface area (Å²) in [6.07, 6.45) is 6.77. The number of alkyl halides is 1. The molecule has 0 bridgehead atoms. The zero-order valence-electron chi connectivity index (χ0n) is 8.63. The normalized spacial score (nSPS) is 15.1. The topological polar surface area (TPSA) is 57.5 Å². The fraction of sp³-hybridized carbons (Fsp3) is 0.900. The highest BCUT2D eigenvalue weighted by atomic mass is 79.9. The minimum Gasteiger partial charge on any atom is -0.478 e. The van der Waals surface area contributed by atoms with Crippen molar-refractivity contribution < 1.29 is 15.0 Å². The summed E-state index contributed by atoms with van der Waals surface area (Å²) in [4.78, 5) is 10.5. The summed E-state index contributed by atoms with van der Waals surface area (Å²) < 4.78 is -1.72. The van der Waals surface area contributed by atoms with E-state index in [0.29, 0.717) is 0 Å². The lowest BCUT2D eigenvalue weighted by Gasteiger charge is -2.14. The molecular weight excluding hydrogens is 248 g/mol. The van der Waals surface area contributed by atoms with Crippen LogP contribution >= 0.6 is 15.9 Å². The van der Waals surface area contributed by atoms with E-state index in [0.717, 1.165) is 19.3 Å². The summed E-state index contributed by atoms with van der Waals surface area (Å²) in [5.41, 5.74) is 0. The summed E-state index contributed by atoms with van der Waals surface area (Å²) in [5, 5.41) is 17.9. The highest BCUT2D eigenvalue weighted by Crippen LogP contribution is 2.22. The average molecular weight is 267 g/mol. The molecule has 14 heavy (non-hydrogen) atoms. The van der Waals surface area contributed by atoms with Gasteiger partial charge < -0.3 is 10.2 Å². The van der Waals surface area contributed by atoms with Crippen LogP contribution in [-0.4, -0.2) is 20.7 Å². The van der Waals surface area contributed by atoms with E-state index >= 15 is 0 Å². The van der Waals surface area contributed by atoms with Crippen LogP contribution in [0.25, 0.3) is 0 Å². The van der Waals surface area contributed by atoms with Gasteiger partial charge in [-0.15, -0.1) is 0 Å². The quantitative estimate of drug-likeness (QED) is 0.525. The monoisotopic (exact) mass is 266 g/mol. The van der Waals surface area contributed by atoms with Crippen molar-refractivity contribution in [2.75, 3.05) is 0 Å². The molecule has 84 valence electrons. The highest BCUT2D eigenvalue weighted by molar-refractivity contribution is 9.10. The lowest BCUT2D eigenvalue weighted by molar-refractivity contribution is -0.149. The molecule has 1 atom stereocenters. The maximum Gasteiger partial charge on any atom is 0.347 e. The zero-order chi connectivity index (χ0) is 11.0. The van der Waals surface area contributed by atoms with E-state index in [9.17, 15) is 9.90 Å². The Labute approximate surface area is 93.6 Å². The van der Waals surface area contributed by atoms with Crippen LogP contribution in [0.4, 0.5) is 0 Å². The van der Waals surface area contributed by atoms with Gasteiger partial charge in [0.2, 0.25) is 4.51 Å². The third kappa shape index (κ3) is 6.38. The molecule has 0 aromatic heterocycles. The predicted molar refractivity (Wildman–Crippen MR) is 59.5 cm³/mol. The number of hydrogen-bond donors (Lipinski definition) is 2. The first kappa shape index (κ1) is 13.9. The second-order valence-corrected chi connectivity index (χ2v) is 4.89. The number of aliphatic hydroxyl groups is 1. The maximum absolute atomic E-state index is 10.5. The molecular formula is C10H19BrO3. The summed E-state index contributed by atoms with van der Waals surface area (Å²) >= 11 is 2.79. The summed E-state index contributed by atoms with van der Waals surface area (Å²) in [6, 6.07) is 0. The molecule has 1 unspecified atom stereocenters. The van der Waals surface area contributed by atoms with Crippen LogP contribution in [0.5, 0.6) is 0 Å². The number of carboxylic acid groups (broad SMARTS) is 1. The van der Waals surface area contributed by atoms with Crippen LogP contribution in [0.1, 0.15) is 51.9 Å². The standard InChI is InChI=1S/C10H19BrO3/c1-2-3-4-5-6-7-8-10(11,14)9(12)13/h14H,2-8H2,1H3,(H,12,13). The van der Waals surface area contributed by atoms with E-state index in [4.69, 9.17) is 5.11 Å². The SMILES string of the molecule is CCCCCCCCC(O)(Br)C(=O)O. The first-order valence-electron chi connectivity index (χ1n) is 5.15. The third-order valence-corrected chi connectivity index (χ3v) is 2.93. The molecule has 0 spiro atoms. The largest absolute Gasteiger partial charge is 0.478 e. The molecule has 0 aromatic rings. The van der Waals surface area contributed by atoms with Crippen molar-refractivity contribution in [2.45, 2.75) is 56.4 Å². The van der Waals surface area contributed by atoms with Crippen LogP contribution < -0.4 is 0 Å². The first-order chi connectivity index (χ1) is 6.50. The Kier molecular flexibility index (Phi) is 7.19. The third-order valence-electron chi connectivity index (χ3n) is 2.19. The molecule has 0 radical (unpaired) electrons. The van der Waals surface area contributed by atoms with Crippen LogP contribution in [0, 0.1) is 0 Å². The predicted octanol–water partition coefficient (Wildman–Crippen LogP) is 2.91. The fourth-order valence-electron chi connectivity index (χ4n) is 1.25. The van der Waals surface area contributed by atoms with Gasteiger partial charge in [0.25, 0.3) is 0 Å². The second kappa shape index (κ2) is 7.23. The Bertz CT molecular complexity index is 169. The van der Waals surface area contributed by atoms with E-state index in [-0.39, 0.29) is 6.42 Å². The van der Waals surface area contributed by atoms with Crippen molar-refractivity contribution in [3.63, 3.8) is 0 Å².